The van der Waals surface area contributed by atoms with Crippen LogP contribution in [-0.2, 0) is 6.61 Å². The topological polar surface area (TPSA) is 59.4 Å². The molecule has 22 heavy (non-hydrogen) atoms. The van der Waals surface area contributed by atoms with Gasteiger partial charge in [-0.25, -0.2) is 9.78 Å². The summed E-state index contributed by atoms with van der Waals surface area (Å²) in [6.07, 6.45) is 0. The van der Waals surface area contributed by atoms with Gasteiger partial charge in [-0.1, -0.05) is 42.5 Å². The van der Waals surface area contributed by atoms with E-state index in [0.717, 1.165) is 16.3 Å². The lowest BCUT2D eigenvalue weighted by molar-refractivity contribution is 0.0691. The molecule has 3 aromatic rings. The van der Waals surface area contributed by atoms with Gasteiger partial charge >= 0.3 is 5.97 Å². The van der Waals surface area contributed by atoms with Crippen LogP contribution in [0, 0.1) is 0 Å². The molecule has 0 unspecified atom stereocenters. The number of thiazole rings is 1. The molecule has 2 aromatic carbocycles. The van der Waals surface area contributed by atoms with Crippen molar-refractivity contribution >= 4 is 17.3 Å². The monoisotopic (exact) mass is 311 g/mol. The Hall–Kier alpha value is -2.66. The van der Waals surface area contributed by atoms with Gasteiger partial charge in [0.15, 0.2) is 0 Å². The Kier molecular flexibility index (Phi) is 4.16. The van der Waals surface area contributed by atoms with Gasteiger partial charge in [-0.3, -0.25) is 0 Å². The molecule has 0 fully saturated rings. The summed E-state index contributed by atoms with van der Waals surface area (Å²) in [6, 6.07) is 16.5. The third kappa shape index (κ3) is 3.15. The van der Waals surface area contributed by atoms with Crippen molar-refractivity contribution in [1.29, 1.82) is 0 Å². The number of carbonyl (C=O) groups is 1. The SMILES string of the molecule is O=C(O)c1ccccc1OCc1csc(-c2ccccc2)n1. The summed E-state index contributed by atoms with van der Waals surface area (Å²) in [7, 11) is 0. The Balaban J connectivity index is 1.73. The van der Waals surface area contributed by atoms with Gasteiger partial charge in [0.2, 0.25) is 0 Å². The molecule has 0 radical (unpaired) electrons. The van der Waals surface area contributed by atoms with Gasteiger partial charge in [0, 0.05) is 10.9 Å². The highest BCUT2D eigenvalue weighted by Crippen LogP contribution is 2.24. The van der Waals surface area contributed by atoms with Gasteiger partial charge < -0.3 is 9.84 Å². The minimum atomic E-state index is -1.00. The van der Waals surface area contributed by atoms with Crippen molar-refractivity contribution in [3.8, 4) is 16.3 Å². The van der Waals surface area contributed by atoms with E-state index in [4.69, 9.17) is 9.84 Å². The molecule has 5 heteroatoms. The first kappa shape index (κ1) is 14.3. The first-order valence-electron chi connectivity index (χ1n) is 6.69. The maximum absolute atomic E-state index is 11.1. The van der Waals surface area contributed by atoms with E-state index in [1.807, 2.05) is 35.7 Å². The smallest absolute Gasteiger partial charge is 0.339 e. The Morgan fingerprint density at radius 1 is 1.09 bits per heavy atom. The molecule has 0 bridgehead atoms. The van der Waals surface area contributed by atoms with Crippen molar-refractivity contribution in [2.24, 2.45) is 0 Å². The molecular weight excluding hydrogens is 298 g/mol. The summed E-state index contributed by atoms with van der Waals surface area (Å²) >= 11 is 1.54. The highest BCUT2D eigenvalue weighted by Gasteiger charge is 2.11. The van der Waals surface area contributed by atoms with Crippen molar-refractivity contribution < 1.29 is 14.6 Å². The summed E-state index contributed by atoms with van der Waals surface area (Å²) < 4.78 is 5.60. The van der Waals surface area contributed by atoms with Gasteiger partial charge in [-0.15, -0.1) is 11.3 Å². The predicted octanol–water partition coefficient (Wildman–Crippen LogP) is 4.09. The highest BCUT2D eigenvalue weighted by molar-refractivity contribution is 7.13. The molecule has 0 amide bonds. The summed E-state index contributed by atoms with van der Waals surface area (Å²) in [4.78, 5) is 15.6. The Morgan fingerprint density at radius 3 is 2.59 bits per heavy atom. The summed E-state index contributed by atoms with van der Waals surface area (Å²) in [5.41, 5.74) is 2.00. The van der Waals surface area contributed by atoms with Gasteiger partial charge in [-0.2, -0.15) is 0 Å². The maximum Gasteiger partial charge on any atom is 0.339 e. The first-order valence-corrected chi connectivity index (χ1v) is 7.57. The third-order valence-corrected chi connectivity index (χ3v) is 4.01. The molecule has 1 N–H and O–H groups in total. The largest absolute Gasteiger partial charge is 0.486 e. The van der Waals surface area contributed by atoms with Gasteiger partial charge in [0.25, 0.3) is 0 Å². The zero-order chi connectivity index (χ0) is 15.4. The van der Waals surface area contributed by atoms with Gasteiger partial charge in [0.1, 0.15) is 22.9 Å². The molecule has 1 aromatic heterocycles. The highest BCUT2D eigenvalue weighted by atomic mass is 32.1. The van der Waals surface area contributed by atoms with E-state index in [1.165, 1.54) is 6.07 Å². The molecule has 110 valence electrons. The normalized spacial score (nSPS) is 10.4. The molecule has 0 aliphatic carbocycles. The quantitative estimate of drug-likeness (QED) is 0.771. The van der Waals surface area contributed by atoms with Crippen LogP contribution in [0.4, 0.5) is 0 Å². The van der Waals surface area contributed by atoms with Gasteiger partial charge in [0.05, 0.1) is 5.69 Å². The van der Waals surface area contributed by atoms with Crippen molar-refractivity contribution in [2.45, 2.75) is 6.61 Å². The summed E-state index contributed by atoms with van der Waals surface area (Å²) in [6.45, 7) is 0.244. The second-order valence-electron chi connectivity index (χ2n) is 4.60. The van der Waals surface area contributed by atoms with Crippen LogP contribution in [0.1, 0.15) is 16.1 Å². The van der Waals surface area contributed by atoms with E-state index in [9.17, 15) is 4.79 Å². The lowest BCUT2D eigenvalue weighted by Crippen LogP contribution is -2.03. The van der Waals surface area contributed by atoms with Crippen LogP contribution in [0.15, 0.2) is 60.0 Å². The number of carboxylic acids is 1. The number of rotatable bonds is 5. The zero-order valence-corrected chi connectivity index (χ0v) is 12.4. The molecule has 0 aliphatic rings. The van der Waals surface area contributed by atoms with Crippen LogP contribution in [-0.4, -0.2) is 16.1 Å². The third-order valence-electron chi connectivity index (χ3n) is 3.07. The first-order chi connectivity index (χ1) is 10.7. The number of ether oxygens (including phenoxy) is 1. The molecule has 3 rings (SSSR count). The number of aromatic nitrogens is 1. The van der Waals surface area contributed by atoms with Crippen molar-refractivity contribution in [3.63, 3.8) is 0 Å². The van der Waals surface area contributed by atoms with Crippen LogP contribution < -0.4 is 4.74 Å². The fraction of sp³-hybridized carbons (Fsp3) is 0.0588. The average Bonchev–Trinajstić information content (AvgIpc) is 3.03. The maximum atomic E-state index is 11.1. The van der Waals surface area contributed by atoms with Crippen molar-refractivity contribution in [3.05, 3.63) is 71.2 Å². The number of nitrogens with zero attached hydrogens (tertiary/aromatic N) is 1. The number of aromatic carboxylic acids is 1. The standard InChI is InChI=1S/C17H13NO3S/c19-17(20)14-8-4-5-9-15(14)21-10-13-11-22-16(18-13)12-6-2-1-3-7-12/h1-9,11H,10H2,(H,19,20). The van der Waals surface area contributed by atoms with Crippen LogP contribution in [0.25, 0.3) is 10.6 Å². The second-order valence-corrected chi connectivity index (χ2v) is 5.46. The molecule has 0 aliphatic heterocycles. The minimum absolute atomic E-state index is 0.154. The van der Waals surface area contributed by atoms with Crippen LogP contribution >= 0.6 is 11.3 Å². The van der Waals surface area contributed by atoms with Crippen LogP contribution in [0.2, 0.25) is 0 Å². The molecule has 0 saturated carbocycles. The molecule has 0 atom stereocenters. The van der Waals surface area contributed by atoms with Crippen molar-refractivity contribution in [2.75, 3.05) is 0 Å². The van der Waals surface area contributed by atoms with E-state index in [2.05, 4.69) is 4.98 Å². The van der Waals surface area contributed by atoms with E-state index in [0.29, 0.717) is 5.75 Å². The van der Waals surface area contributed by atoms with E-state index >= 15 is 0 Å². The summed E-state index contributed by atoms with van der Waals surface area (Å²) in [5, 5.41) is 12.0. The summed E-state index contributed by atoms with van der Waals surface area (Å²) in [5.74, 6) is -0.650. The predicted molar refractivity (Wildman–Crippen MR) is 85.3 cm³/mol. The molecule has 0 spiro atoms. The number of para-hydroxylation sites is 1. The van der Waals surface area contributed by atoms with E-state index in [1.54, 1.807) is 29.5 Å². The number of hydrogen-bond acceptors (Lipinski definition) is 4. The Labute approximate surface area is 131 Å². The molecule has 1 heterocycles. The Bertz CT molecular complexity index is 783. The molecule has 0 saturated heterocycles. The second kappa shape index (κ2) is 6.41. The van der Waals surface area contributed by atoms with E-state index in [-0.39, 0.29) is 12.2 Å². The lowest BCUT2D eigenvalue weighted by atomic mass is 10.2. The number of carboxylic acid groups (broad SMARTS) is 1. The fourth-order valence-electron chi connectivity index (χ4n) is 2.01. The average molecular weight is 311 g/mol. The number of benzene rings is 2. The van der Waals surface area contributed by atoms with Crippen LogP contribution in [0.3, 0.4) is 0 Å². The van der Waals surface area contributed by atoms with E-state index < -0.39 is 5.97 Å². The van der Waals surface area contributed by atoms with Crippen molar-refractivity contribution in [1.82, 2.24) is 4.98 Å². The molecular formula is C17H13NO3S. The minimum Gasteiger partial charge on any atom is -0.486 e. The molecule has 4 nitrogen and oxygen atoms in total. The Morgan fingerprint density at radius 2 is 1.82 bits per heavy atom. The van der Waals surface area contributed by atoms with Crippen LogP contribution in [0.5, 0.6) is 5.75 Å². The number of hydrogen-bond donors (Lipinski definition) is 1. The zero-order valence-electron chi connectivity index (χ0n) is 11.6. The van der Waals surface area contributed by atoms with Gasteiger partial charge in [-0.05, 0) is 12.1 Å². The lowest BCUT2D eigenvalue weighted by Gasteiger charge is -2.07. The fourth-order valence-corrected chi connectivity index (χ4v) is 2.82.